The molecule has 0 fully saturated rings. The van der Waals surface area contributed by atoms with Crippen molar-refractivity contribution in [2.75, 3.05) is 6.61 Å². The SMILES string of the molecule is CC[C@H](NC(=O)OCC1c2ccccc2-c2ccccc21)C(=O)NCc1ncc(C(=O)O)s1. The molecule has 1 aliphatic rings. The molecular weight excluding hydrogens is 442 g/mol. The number of ether oxygens (including phenoxy) is 1. The molecule has 9 heteroatoms. The number of carboxylic acid groups (broad SMARTS) is 1. The number of hydrogen-bond acceptors (Lipinski definition) is 6. The lowest BCUT2D eigenvalue weighted by molar-refractivity contribution is -0.123. The van der Waals surface area contributed by atoms with E-state index in [1.54, 1.807) is 6.92 Å². The highest BCUT2D eigenvalue weighted by Gasteiger charge is 2.29. The van der Waals surface area contributed by atoms with Crippen LogP contribution in [0.2, 0.25) is 0 Å². The van der Waals surface area contributed by atoms with Crippen molar-refractivity contribution in [1.82, 2.24) is 15.6 Å². The molecule has 0 saturated carbocycles. The average Bonchev–Trinajstić information content (AvgIpc) is 3.43. The van der Waals surface area contributed by atoms with E-state index in [4.69, 9.17) is 9.84 Å². The molecule has 2 aromatic carbocycles. The second kappa shape index (κ2) is 9.83. The van der Waals surface area contributed by atoms with Crippen LogP contribution in [0.15, 0.2) is 54.7 Å². The van der Waals surface area contributed by atoms with Gasteiger partial charge in [0.25, 0.3) is 0 Å². The molecule has 0 aliphatic heterocycles. The molecule has 0 radical (unpaired) electrons. The molecule has 3 aromatic rings. The molecule has 0 bridgehead atoms. The smallest absolute Gasteiger partial charge is 0.407 e. The van der Waals surface area contributed by atoms with Gasteiger partial charge in [-0.1, -0.05) is 55.5 Å². The highest BCUT2D eigenvalue weighted by Crippen LogP contribution is 2.44. The molecule has 0 unspecified atom stereocenters. The normalized spacial score (nSPS) is 13.0. The van der Waals surface area contributed by atoms with Crippen molar-refractivity contribution in [2.24, 2.45) is 0 Å². The fourth-order valence-corrected chi connectivity index (χ4v) is 4.61. The molecule has 1 atom stereocenters. The molecule has 170 valence electrons. The Morgan fingerprint density at radius 2 is 1.73 bits per heavy atom. The topological polar surface area (TPSA) is 118 Å². The van der Waals surface area contributed by atoms with Gasteiger partial charge < -0.3 is 20.5 Å². The Bertz CT molecular complexity index is 1150. The van der Waals surface area contributed by atoms with Crippen LogP contribution in [0.25, 0.3) is 11.1 Å². The summed E-state index contributed by atoms with van der Waals surface area (Å²) in [5.41, 5.74) is 4.50. The van der Waals surface area contributed by atoms with Crippen molar-refractivity contribution < 1.29 is 24.2 Å². The number of rotatable bonds is 8. The number of aromatic carboxylic acids is 1. The van der Waals surface area contributed by atoms with Gasteiger partial charge in [-0.05, 0) is 28.7 Å². The maximum Gasteiger partial charge on any atom is 0.407 e. The number of amides is 2. The van der Waals surface area contributed by atoms with Crippen LogP contribution in [-0.4, -0.2) is 40.7 Å². The third-order valence-electron chi connectivity index (χ3n) is 5.54. The Balaban J connectivity index is 1.33. The molecule has 2 amide bonds. The quantitative estimate of drug-likeness (QED) is 0.466. The largest absolute Gasteiger partial charge is 0.477 e. The van der Waals surface area contributed by atoms with Gasteiger partial charge in [-0.2, -0.15) is 0 Å². The molecule has 0 saturated heterocycles. The lowest BCUT2D eigenvalue weighted by Crippen LogP contribution is -2.46. The van der Waals surface area contributed by atoms with E-state index < -0.39 is 24.0 Å². The first-order chi connectivity index (χ1) is 16.0. The molecule has 3 N–H and O–H groups in total. The first-order valence-corrected chi connectivity index (χ1v) is 11.4. The monoisotopic (exact) mass is 465 g/mol. The number of alkyl carbamates (subject to hydrolysis) is 1. The van der Waals surface area contributed by atoms with Gasteiger partial charge in [0.2, 0.25) is 5.91 Å². The van der Waals surface area contributed by atoms with Gasteiger partial charge in [0.1, 0.15) is 22.5 Å². The van der Waals surface area contributed by atoms with Gasteiger partial charge in [-0.25, -0.2) is 14.6 Å². The van der Waals surface area contributed by atoms with Crippen LogP contribution >= 0.6 is 11.3 Å². The van der Waals surface area contributed by atoms with Gasteiger partial charge >= 0.3 is 12.1 Å². The van der Waals surface area contributed by atoms with Crippen molar-refractivity contribution in [3.63, 3.8) is 0 Å². The summed E-state index contributed by atoms with van der Waals surface area (Å²) < 4.78 is 5.51. The average molecular weight is 466 g/mol. The predicted octanol–water partition coefficient (Wildman–Crippen LogP) is 3.77. The summed E-state index contributed by atoms with van der Waals surface area (Å²) in [4.78, 5) is 40.0. The van der Waals surface area contributed by atoms with Gasteiger partial charge in [-0.15, -0.1) is 11.3 Å². The Morgan fingerprint density at radius 3 is 2.30 bits per heavy atom. The standard InChI is InChI=1S/C24H23N3O5S/c1-2-19(22(28)26-12-21-25-11-20(33-21)23(29)30)27-24(31)32-13-18-16-9-5-3-7-14(16)15-8-4-6-10-17(15)18/h3-11,18-19H,2,12-13H2,1H3,(H,26,28)(H,27,31)(H,29,30)/t19-/m0/s1. The summed E-state index contributed by atoms with van der Waals surface area (Å²) in [7, 11) is 0. The first-order valence-electron chi connectivity index (χ1n) is 10.5. The number of benzene rings is 2. The highest BCUT2D eigenvalue weighted by atomic mass is 32.1. The van der Waals surface area contributed by atoms with Gasteiger partial charge in [0.15, 0.2) is 0 Å². The minimum Gasteiger partial charge on any atom is -0.477 e. The Kier molecular flexibility index (Phi) is 6.69. The molecule has 0 spiro atoms. The summed E-state index contributed by atoms with van der Waals surface area (Å²) in [6.07, 6.45) is 0.955. The zero-order valence-corrected chi connectivity index (χ0v) is 18.7. The van der Waals surface area contributed by atoms with Crippen LogP contribution in [-0.2, 0) is 16.1 Å². The maximum absolute atomic E-state index is 12.5. The number of aromatic nitrogens is 1. The van der Waals surface area contributed by atoms with Crippen molar-refractivity contribution in [2.45, 2.75) is 31.8 Å². The Morgan fingerprint density at radius 1 is 1.09 bits per heavy atom. The first kappa shape index (κ1) is 22.5. The second-order valence-corrected chi connectivity index (χ2v) is 8.69. The van der Waals surface area contributed by atoms with E-state index >= 15 is 0 Å². The van der Waals surface area contributed by atoms with E-state index in [1.165, 1.54) is 6.20 Å². The summed E-state index contributed by atoms with van der Waals surface area (Å²) in [5.74, 6) is -1.52. The van der Waals surface area contributed by atoms with E-state index in [2.05, 4.69) is 27.8 Å². The summed E-state index contributed by atoms with van der Waals surface area (Å²) in [6, 6.07) is 15.3. The third-order valence-corrected chi connectivity index (χ3v) is 6.52. The van der Waals surface area contributed by atoms with E-state index in [1.807, 2.05) is 36.4 Å². The number of thiazole rings is 1. The number of nitrogens with one attached hydrogen (secondary N) is 2. The van der Waals surface area contributed by atoms with E-state index in [0.29, 0.717) is 11.4 Å². The number of hydrogen-bond donors (Lipinski definition) is 3. The van der Waals surface area contributed by atoms with Crippen molar-refractivity contribution in [1.29, 1.82) is 0 Å². The van der Waals surface area contributed by atoms with Crippen LogP contribution in [0.4, 0.5) is 4.79 Å². The lowest BCUT2D eigenvalue weighted by atomic mass is 9.98. The fraction of sp³-hybridized carbons (Fsp3) is 0.250. The van der Waals surface area contributed by atoms with Gasteiger partial charge in [0.05, 0.1) is 12.7 Å². The second-order valence-electron chi connectivity index (χ2n) is 7.57. The number of carboxylic acids is 1. The highest BCUT2D eigenvalue weighted by molar-refractivity contribution is 7.13. The molecular formula is C24H23N3O5S. The molecule has 1 aromatic heterocycles. The van der Waals surface area contributed by atoms with Crippen LogP contribution in [0.5, 0.6) is 0 Å². The van der Waals surface area contributed by atoms with Crippen molar-refractivity contribution >= 4 is 29.3 Å². The molecule has 33 heavy (non-hydrogen) atoms. The Labute approximate surface area is 194 Å². The summed E-state index contributed by atoms with van der Waals surface area (Å²) >= 11 is 0.990. The van der Waals surface area contributed by atoms with Gasteiger partial charge in [0, 0.05) is 5.92 Å². The van der Waals surface area contributed by atoms with Crippen molar-refractivity contribution in [3.8, 4) is 11.1 Å². The van der Waals surface area contributed by atoms with Crippen LogP contribution in [0.1, 0.15) is 45.1 Å². The fourth-order valence-electron chi connectivity index (χ4n) is 3.91. The maximum atomic E-state index is 12.5. The van der Waals surface area contributed by atoms with Crippen LogP contribution in [0, 0.1) is 0 Å². The number of nitrogens with zero attached hydrogens (tertiary/aromatic N) is 1. The molecule has 1 aliphatic carbocycles. The number of fused-ring (bicyclic) bond motifs is 3. The minimum absolute atomic E-state index is 0.0645. The zero-order chi connectivity index (χ0) is 23.4. The number of carbonyl (C=O) groups is 3. The summed E-state index contributed by atoms with van der Waals surface area (Å²) in [6.45, 7) is 2.02. The van der Waals surface area contributed by atoms with Crippen LogP contribution in [0.3, 0.4) is 0 Å². The number of carbonyl (C=O) groups excluding carboxylic acids is 2. The van der Waals surface area contributed by atoms with E-state index in [9.17, 15) is 14.4 Å². The molecule has 4 rings (SSSR count). The van der Waals surface area contributed by atoms with E-state index in [0.717, 1.165) is 33.6 Å². The van der Waals surface area contributed by atoms with Crippen LogP contribution < -0.4 is 10.6 Å². The minimum atomic E-state index is -1.06. The predicted molar refractivity (Wildman–Crippen MR) is 123 cm³/mol. The summed E-state index contributed by atoms with van der Waals surface area (Å²) in [5, 5.41) is 14.7. The van der Waals surface area contributed by atoms with Gasteiger partial charge in [-0.3, -0.25) is 4.79 Å². The molecule has 8 nitrogen and oxygen atoms in total. The Hall–Kier alpha value is -3.72. The van der Waals surface area contributed by atoms with E-state index in [-0.39, 0.29) is 23.9 Å². The molecule has 1 heterocycles. The zero-order valence-electron chi connectivity index (χ0n) is 17.9. The van der Waals surface area contributed by atoms with Crippen molar-refractivity contribution in [3.05, 3.63) is 75.7 Å². The third kappa shape index (κ3) is 4.88. The lowest BCUT2D eigenvalue weighted by Gasteiger charge is -2.18.